The topological polar surface area (TPSA) is 89.9 Å². The van der Waals surface area contributed by atoms with E-state index >= 15 is 0 Å². The number of fused-ring (bicyclic) bond motifs is 4. The van der Waals surface area contributed by atoms with Gasteiger partial charge in [-0.05, 0) is 129 Å². The van der Waals surface area contributed by atoms with Gasteiger partial charge in [0.25, 0.3) is 0 Å². The molecule has 0 aromatic carbocycles. The molecule has 12 atom stereocenters. The maximum Gasteiger partial charge on any atom is 0.303 e. The van der Waals surface area contributed by atoms with Crippen molar-refractivity contribution in [2.45, 2.75) is 156 Å². The van der Waals surface area contributed by atoms with Crippen LogP contribution in [0.5, 0.6) is 0 Å². The summed E-state index contributed by atoms with van der Waals surface area (Å²) in [4.78, 5) is 17.1. The van der Waals surface area contributed by atoms with Crippen LogP contribution in [0.4, 0.5) is 0 Å². The molecule has 3 heterocycles. The molecule has 2 spiro atoms. The Labute approximate surface area is 315 Å². The van der Waals surface area contributed by atoms with Crippen molar-refractivity contribution in [2.24, 2.45) is 51.2 Å². The fraction of sp³-hybridized carbons (Fsp3) is 0.977. The van der Waals surface area contributed by atoms with Gasteiger partial charge in [-0.15, -0.1) is 0 Å². The summed E-state index contributed by atoms with van der Waals surface area (Å²) in [7, 11) is 1.79. The molecular weight excluding hydrogens is 656 g/mol. The van der Waals surface area contributed by atoms with Crippen LogP contribution in [0.15, 0.2) is 0 Å². The largest absolute Gasteiger partial charge is 0.457 e. The molecule has 0 radical (unpaired) electrons. The van der Waals surface area contributed by atoms with E-state index in [2.05, 4.69) is 30.6 Å². The Kier molecular flexibility index (Phi) is 11.1. The van der Waals surface area contributed by atoms with Gasteiger partial charge in [-0.25, -0.2) is 0 Å². The number of hydrogen-bond acceptors (Lipinski definition) is 9. The fourth-order valence-corrected chi connectivity index (χ4v) is 14.2. The Bertz CT molecular complexity index is 1270. The number of morpholine rings is 1. The van der Waals surface area contributed by atoms with E-state index in [4.69, 9.17) is 23.7 Å². The number of methoxy groups -OCH3 is 1. The highest BCUT2D eigenvalue weighted by molar-refractivity contribution is 5.66. The number of aliphatic hydroxyl groups is 1. The summed E-state index contributed by atoms with van der Waals surface area (Å²) in [6, 6.07) is 0. The number of rotatable bonds is 10. The van der Waals surface area contributed by atoms with Crippen LogP contribution in [0.2, 0.25) is 0 Å². The number of carbonyl (C=O) groups excluding carboxylic acids is 1. The maximum absolute atomic E-state index is 12.0. The lowest BCUT2D eigenvalue weighted by atomic mass is 9.46. The third kappa shape index (κ3) is 6.64. The van der Waals surface area contributed by atoms with E-state index in [0.29, 0.717) is 34.0 Å². The Morgan fingerprint density at radius 1 is 0.942 bits per heavy atom. The first-order valence-corrected chi connectivity index (χ1v) is 21.5. The molecule has 8 rings (SSSR count). The zero-order valence-electron chi connectivity index (χ0n) is 34.3. The third-order valence-electron chi connectivity index (χ3n) is 16.5. The van der Waals surface area contributed by atoms with Gasteiger partial charge in [0.15, 0.2) is 12.4 Å². The predicted molar refractivity (Wildman–Crippen MR) is 202 cm³/mol. The molecule has 3 aliphatic heterocycles. The first-order chi connectivity index (χ1) is 24.7. The number of ether oxygens (including phenoxy) is 5. The van der Waals surface area contributed by atoms with E-state index in [1.54, 1.807) is 21.0 Å². The van der Waals surface area contributed by atoms with Crippen LogP contribution in [-0.4, -0.2) is 117 Å². The van der Waals surface area contributed by atoms with Crippen molar-refractivity contribution in [3.8, 4) is 0 Å². The van der Waals surface area contributed by atoms with E-state index in [-0.39, 0.29) is 36.0 Å². The number of nitrogens with zero attached hydrogens (tertiary/aromatic N) is 2. The minimum Gasteiger partial charge on any atom is -0.457 e. The van der Waals surface area contributed by atoms with Crippen LogP contribution >= 0.6 is 0 Å². The van der Waals surface area contributed by atoms with Crippen LogP contribution in [0.3, 0.4) is 0 Å². The van der Waals surface area contributed by atoms with Crippen molar-refractivity contribution in [2.75, 3.05) is 59.6 Å². The second kappa shape index (κ2) is 14.6. The van der Waals surface area contributed by atoms with Crippen molar-refractivity contribution < 1.29 is 33.6 Å². The van der Waals surface area contributed by atoms with Crippen LogP contribution in [0.25, 0.3) is 0 Å². The van der Waals surface area contributed by atoms with Crippen molar-refractivity contribution in [1.82, 2.24) is 9.80 Å². The summed E-state index contributed by atoms with van der Waals surface area (Å²) in [5, 5.41) is 10.9. The second-order valence-corrected chi connectivity index (χ2v) is 19.8. The molecule has 8 fully saturated rings. The lowest BCUT2D eigenvalue weighted by Crippen LogP contribution is -2.57. The minimum absolute atomic E-state index is 0.117. The number of carbonyl (C=O) groups is 1. The van der Waals surface area contributed by atoms with Crippen molar-refractivity contribution in [3.63, 3.8) is 0 Å². The standard InChI is InChI=1S/C41H68N2O7.C2H6/c1-26(44)48-36(38(4,5)45)31-10-8-29-32(49-31)20-30-28-9-11-33-37(2,3)34(12-13-41(33)25-40(28,41)15-14-39(29,30)6)50-35-24-43(17-19-47-35)23-27-21-42(22-27)16-18-46-7;1-2/h27-36,45H,8-25H2,1-7H3;1-2H3/t28?,29?,30?,31?,32?,33?,34?,35?,36?,39?,40-,41?;/m0./s1. The molecule has 52 heavy (non-hydrogen) atoms. The molecule has 5 aliphatic carbocycles. The highest BCUT2D eigenvalue weighted by Crippen LogP contribution is 2.87. The van der Waals surface area contributed by atoms with Gasteiger partial charge in [0.1, 0.15) is 0 Å². The van der Waals surface area contributed by atoms with Gasteiger partial charge in [0.2, 0.25) is 0 Å². The van der Waals surface area contributed by atoms with Gasteiger partial charge < -0.3 is 33.7 Å². The predicted octanol–water partition coefficient (Wildman–Crippen LogP) is 6.54. The highest BCUT2D eigenvalue weighted by Gasteiger charge is 2.80. The number of hydrogen-bond donors (Lipinski definition) is 1. The van der Waals surface area contributed by atoms with E-state index < -0.39 is 11.7 Å². The van der Waals surface area contributed by atoms with Crippen LogP contribution in [-0.2, 0) is 28.5 Å². The van der Waals surface area contributed by atoms with Crippen molar-refractivity contribution in [3.05, 3.63) is 0 Å². The molecule has 9 nitrogen and oxygen atoms in total. The molecule has 3 saturated heterocycles. The zero-order valence-corrected chi connectivity index (χ0v) is 34.3. The Hall–Kier alpha value is -0.810. The molecule has 8 aliphatic rings. The van der Waals surface area contributed by atoms with Crippen LogP contribution in [0.1, 0.15) is 120 Å². The summed E-state index contributed by atoms with van der Waals surface area (Å²) < 4.78 is 31.1. The molecule has 11 unspecified atom stereocenters. The monoisotopic (exact) mass is 731 g/mol. The summed E-state index contributed by atoms with van der Waals surface area (Å²) in [5.74, 6) is 3.15. The lowest BCUT2D eigenvalue weighted by Gasteiger charge is -2.60. The molecular formula is C43H74N2O7. The van der Waals surface area contributed by atoms with Gasteiger partial charge in [0.05, 0.1) is 37.1 Å². The van der Waals surface area contributed by atoms with Gasteiger partial charge in [-0.2, -0.15) is 0 Å². The SMILES string of the molecule is CC.COCCN1CC(CN2CCOC(OC3CCC45C[C@]46CCC4(C)C7CCC(C(OC(C)=O)C(C)(C)O)OC7CC4C6CCC5C3(C)C)C2)C1. The zero-order chi connectivity index (χ0) is 37.3. The maximum atomic E-state index is 12.0. The molecule has 0 amide bonds. The Morgan fingerprint density at radius 3 is 2.40 bits per heavy atom. The van der Waals surface area contributed by atoms with E-state index in [0.717, 1.165) is 76.9 Å². The molecule has 0 bridgehead atoms. The first kappa shape index (κ1) is 39.4. The van der Waals surface area contributed by atoms with Crippen molar-refractivity contribution >= 4 is 5.97 Å². The Balaban J connectivity index is 0.00000207. The summed E-state index contributed by atoms with van der Waals surface area (Å²) in [5.41, 5.74) is 0.271. The van der Waals surface area contributed by atoms with Gasteiger partial charge >= 0.3 is 5.97 Å². The van der Waals surface area contributed by atoms with Crippen molar-refractivity contribution in [1.29, 1.82) is 0 Å². The van der Waals surface area contributed by atoms with Gasteiger partial charge in [-0.1, -0.05) is 34.6 Å². The second-order valence-electron chi connectivity index (χ2n) is 19.8. The van der Waals surface area contributed by atoms with Gasteiger partial charge in [0, 0.05) is 53.3 Å². The van der Waals surface area contributed by atoms with Crippen LogP contribution in [0, 0.1) is 51.2 Å². The third-order valence-corrected chi connectivity index (χ3v) is 16.5. The summed E-state index contributed by atoms with van der Waals surface area (Å²) in [6.07, 6.45) is 11.7. The molecule has 5 saturated carbocycles. The molecule has 298 valence electrons. The smallest absolute Gasteiger partial charge is 0.303 e. The number of esters is 1. The quantitative estimate of drug-likeness (QED) is 0.252. The molecule has 1 N–H and O–H groups in total. The van der Waals surface area contributed by atoms with E-state index in [9.17, 15) is 9.90 Å². The lowest BCUT2D eigenvalue weighted by molar-refractivity contribution is -0.246. The van der Waals surface area contributed by atoms with E-state index in [1.807, 2.05) is 13.8 Å². The van der Waals surface area contributed by atoms with E-state index in [1.165, 1.54) is 58.5 Å². The number of likely N-dealkylation sites (tertiary alicyclic amines) is 1. The highest BCUT2D eigenvalue weighted by atomic mass is 16.7. The summed E-state index contributed by atoms with van der Waals surface area (Å²) in [6.45, 7) is 24.6. The molecule has 9 heteroatoms. The van der Waals surface area contributed by atoms with Crippen LogP contribution < -0.4 is 0 Å². The minimum atomic E-state index is -1.14. The molecule has 0 aromatic heterocycles. The Morgan fingerprint density at radius 2 is 1.69 bits per heavy atom. The summed E-state index contributed by atoms with van der Waals surface area (Å²) >= 11 is 0. The first-order valence-electron chi connectivity index (χ1n) is 21.5. The molecule has 0 aromatic rings. The average molecular weight is 731 g/mol. The van der Waals surface area contributed by atoms with Gasteiger partial charge in [-0.3, -0.25) is 9.69 Å². The average Bonchev–Trinajstić information content (AvgIpc) is 3.66. The fourth-order valence-electron chi connectivity index (χ4n) is 14.2. The normalized spacial score (nSPS) is 44.7.